The van der Waals surface area contributed by atoms with Gasteiger partial charge in [-0.1, -0.05) is 0 Å². The SMILES string of the molecule is CC(C(=O)O)N1CCOC(c2ccsc2)C1.Cl. The van der Waals surface area contributed by atoms with Gasteiger partial charge in [-0.2, -0.15) is 11.3 Å². The maximum absolute atomic E-state index is 10.9. The molecule has 0 aliphatic carbocycles. The van der Waals surface area contributed by atoms with Crippen LogP contribution in [0.2, 0.25) is 0 Å². The van der Waals surface area contributed by atoms with E-state index in [9.17, 15) is 4.79 Å². The largest absolute Gasteiger partial charge is 0.480 e. The number of carbonyl (C=O) groups is 1. The van der Waals surface area contributed by atoms with E-state index in [1.807, 2.05) is 16.3 Å². The summed E-state index contributed by atoms with van der Waals surface area (Å²) in [7, 11) is 0. The van der Waals surface area contributed by atoms with Gasteiger partial charge in [-0.15, -0.1) is 12.4 Å². The Hall–Kier alpha value is -0.620. The second kappa shape index (κ2) is 6.35. The van der Waals surface area contributed by atoms with Crippen LogP contribution >= 0.6 is 23.7 Å². The Morgan fingerprint density at radius 3 is 3.06 bits per heavy atom. The number of aliphatic carboxylic acids is 1. The number of rotatable bonds is 3. The number of carboxylic acids is 1. The summed E-state index contributed by atoms with van der Waals surface area (Å²) in [4.78, 5) is 12.9. The minimum Gasteiger partial charge on any atom is -0.480 e. The molecule has 0 radical (unpaired) electrons. The summed E-state index contributed by atoms with van der Waals surface area (Å²) in [6.07, 6.45) is 0.0156. The standard InChI is InChI=1S/C11H15NO3S.ClH/c1-8(11(13)14)12-3-4-15-10(6-12)9-2-5-16-7-9;/h2,5,7-8,10H,3-4,6H2,1H3,(H,13,14);1H. The van der Waals surface area contributed by atoms with E-state index in [1.54, 1.807) is 18.3 Å². The highest BCUT2D eigenvalue weighted by molar-refractivity contribution is 7.07. The molecule has 2 heterocycles. The summed E-state index contributed by atoms with van der Waals surface area (Å²) in [5, 5.41) is 13.0. The summed E-state index contributed by atoms with van der Waals surface area (Å²) in [5.74, 6) is -0.772. The first-order valence-electron chi connectivity index (χ1n) is 5.29. The number of thiophene rings is 1. The van der Waals surface area contributed by atoms with Crippen molar-refractivity contribution in [3.05, 3.63) is 22.4 Å². The number of ether oxygens (including phenoxy) is 1. The first-order valence-corrected chi connectivity index (χ1v) is 6.23. The number of halogens is 1. The van der Waals surface area contributed by atoms with Crippen LogP contribution in [-0.4, -0.2) is 41.7 Å². The summed E-state index contributed by atoms with van der Waals surface area (Å²) >= 11 is 1.63. The molecule has 1 aromatic rings. The minimum absolute atomic E-state index is 0. The zero-order valence-electron chi connectivity index (χ0n) is 9.54. The molecule has 2 rings (SSSR count). The van der Waals surface area contributed by atoms with Crippen LogP contribution < -0.4 is 0 Å². The molecule has 2 unspecified atom stereocenters. The van der Waals surface area contributed by atoms with E-state index in [0.29, 0.717) is 19.7 Å². The molecule has 1 aromatic heterocycles. The third kappa shape index (κ3) is 3.42. The fourth-order valence-electron chi connectivity index (χ4n) is 1.84. The highest BCUT2D eigenvalue weighted by Gasteiger charge is 2.28. The van der Waals surface area contributed by atoms with Gasteiger partial charge in [0.05, 0.1) is 12.7 Å². The molecule has 6 heteroatoms. The maximum Gasteiger partial charge on any atom is 0.320 e. The first kappa shape index (κ1) is 14.4. The Balaban J connectivity index is 0.00000144. The molecular formula is C11H16ClNO3S. The monoisotopic (exact) mass is 277 g/mol. The van der Waals surface area contributed by atoms with Crippen molar-refractivity contribution in [3.8, 4) is 0 Å². The molecule has 1 aliphatic heterocycles. The van der Waals surface area contributed by atoms with Gasteiger partial charge in [0.2, 0.25) is 0 Å². The van der Waals surface area contributed by atoms with Gasteiger partial charge < -0.3 is 9.84 Å². The highest BCUT2D eigenvalue weighted by atomic mass is 35.5. The van der Waals surface area contributed by atoms with E-state index in [0.717, 1.165) is 5.56 Å². The number of carboxylic acid groups (broad SMARTS) is 1. The van der Waals surface area contributed by atoms with Crippen LogP contribution in [0.15, 0.2) is 16.8 Å². The van der Waals surface area contributed by atoms with Gasteiger partial charge >= 0.3 is 5.97 Å². The molecule has 96 valence electrons. The summed E-state index contributed by atoms with van der Waals surface area (Å²) in [6, 6.07) is 1.59. The summed E-state index contributed by atoms with van der Waals surface area (Å²) in [6.45, 7) is 3.66. The van der Waals surface area contributed by atoms with Gasteiger partial charge in [-0.05, 0) is 29.3 Å². The number of hydrogen-bond donors (Lipinski definition) is 1. The lowest BCUT2D eigenvalue weighted by Crippen LogP contribution is -2.46. The Morgan fingerprint density at radius 1 is 1.71 bits per heavy atom. The molecule has 0 amide bonds. The van der Waals surface area contributed by atoms with Crippen LogP contribution in [0.1, 0.15) is 18.6 Å². The lowest BCUT2D eigenvalue weighted by Gasteiger charge is -2.34. The Bertz CT molecular complexity index is 358. The molecular weight excluding hydrogens is 262 g/mol. The molecule has 0 bridgehead atoms. The lowest BCUT2D eigenvalue weighted by molar-refractivity contribution is -0.145. The van der Waals surface area contributed by atoms with Crippen molar-refractivity contribution in [1.82, 2.24) is 4.90 Å². The molecule has 0 spiro atoms. The van der Waals surface area contributed by atoms with Crippen LogP contribution in [0.5, 0.6) is 0 Å². The molecule has 17 heavy (non-hydrogen) atoms. The first-order chi connectivity index (χ1) is 7.68. The smallest absolute Gasteiger partial charge is 0.320 e. The molecule has 1 saturated heterocycles. The Kier molecular flexibility index (Phi) is 5.39. The van der Waals surface area contributed by atoms with Gasteiger partial charge in [0.1, 0.15) is 6.04 Å². The molecule has 1 N–H and O–H groups in total. The quantitative estimate of drug-likeness (QED) is 0.918. The van der Waals surface area contributed by atoms with E-state index >= 15 is 0 Å². The van der Waals surface area contributed by atoms with Crippen LogP contribution in [0.3, 0.4) is 0 Å². The molecule has 1 aliphatic rings. The van der Waals surface area contributed by atoms with E-state index in [4.69, 9.17) is 9.84 Å². The number of hydrogen-bond acceptors (Lipinski definition) is 4. The fourth-order valence-corrected chi connectivity index (χ4v) is 2.54. The Morgan fingerprint density at radius 2 is 2.47 bits per heavy atom. The average molecular weight is 278 g/mol. The van der Waals surface area contributed by atoms with Crippen LogP contribution in [0, 0.1) is 0 Å². The molecule has 2 atom stereocenters. The van der Waals surface area contributed by atoms with Gasteiger partial charge in [0.15, 0.2) is 0 Å². The third-order valence-corrected chi connectivity index (χ3v) is 3.62. The van der Waals surface area contributed by atoms with E-state index in [-0.39, 0.29) is 18.5 Å². The van der Waals surface area contributed by atoms with E-state index in [2.05, 4.69) is 5.38 Å². The van der Waals surface area contributed by atoms with E-state index < -0.39 is 12.0 Å². The van der Waals surface area contributed by atoms with Crippen LogP contribution in [0.4, 0.5) is 0 Å². The second-order valence-electron chi connectivity index (χ2n) is 3.93. The van der Waals surface area contributed by atoms with Crippen molar-refractivity contribution in [3.63, 3.8) is 0 Å². The number of nitrogens with zero attached hydrogens (tertiary/aromatic N) is 1. The molecule has 0 saturated carbocycles. The van der Waals surface area contributed by atoms with Crippen molar-refractivity contribution >= 4 is 29.7 Å². The molecule has 0 aromatic carbocycles. The summed E-state index contributed by atoms with van der Waals surface area (Å²) < 4.78 is 5.65. The van der Waals surface area contributed by atoms with Crippen molar-refractivity contribution in [1.29, 1.82) is 0 Å². The van der Waals surface area contributed by atoms with Gasteiger partial charge in [-0.25, -0.2) is 0 Å². The Labute approximate surface area is 111 Å². The van der Waals surface area contributed by atoms with E-state index in [1.165, 1.54) is 0 Å². The zero-order valence-corrected chi connectivity index (χ0v) is 11.2. The van der Waals surface area contributed by atoms with Gasteiger partial charge in [0, 0.05) is 13.1 Å². The topological polar surface area (TPSA) is 49.8 Å². The van der Waals surface area contributed by atoms with Crippen molar-refractivity contribution in [2.24, 2.45) is 0 Å². The predicted octanol–water partition coefficient (Wildman–Crippen LogP) is 2.02. The van der Waals surface area contributed by atoms with Crippen LogP contribution in [0.25, 0.3) is 0 Å². The second-order valence-corrected chi connectivity index (χ2v) is 4.71. The average Bonchev–Trinajstić information content (AvgIpc) is 2.81. The third-order valence-electron chi connectivity index (χ3n) is 2.92. The number of morpholine rings is 1. The van der Waals surface area contributed by atoms with Crippen molar-refractivity contribution in [2.45, 2.75) is 19.1 Å². The van der Waals surface area contributed by atoms with Gasteiger partial charge in [0.25, 0.3) is 0 Å². The van der Waals surface area contributed by atoms with Crippen LogP contribution in [-0.2, 0) is 9.53 Å². The highest BCUT2D eigenvalue weighted by Crippen LogP contribution is 2.24. The zero-order chi connectivity index (χ0) is 11.5. The summed E-state index contributed by atoms with van der Waals surface area (Å²) in [5.41, 5.74) is 1.15. The molecule has 4 nitrogen and oxygen atoms in total. The van der Waals surface area contributed by atoms with Gasteiger partial charge in [-0.3, -0.25) is 9.69 Å². The normalized spacial score (nSPS) is 22.8. The lowest BCUT2D eigenvalue weighted by atomic mass is 10.1. The maximum atomic E-state index is 10.9. The molecule has 1 fully saturated rings. The van der Waals surface area contributed by atoms with Crippen molar-refractivity contribution < 1.29 is 14.6 Å². The van der Waals surface area contributed by atoms with Crippen molar-refractivity contribution in [2.75, 3.05) is 19.7 Å². The minimum atomic E-state index is -0.772. The fraction of sp³-hybridized carbons (Fsp3) is 0.545. The predicted molar refractivity (Wildman–Crippen MR) is 68.9 cm³/mol.